The molecular weight excluding hydrogens is 284 g/mol. The Bertz CT molecular complexity index is 244. The molecule has 0 atom stereocenters. The second kappa shape index (κ2) is 19.5. The summed E-state index contributed by atoms with van der Waals surface area (Å²) in [7, 11) is 0. The standard InChI is InChI=1S/C20H42N2O/c1-2-3-4-5-6-7-8-9-10-11-12-13-14-15-16-17-18-19-20(23)22-21/h2-19,21H2,1H3,(H,22,23). The van der Waals surface area contributed by atoms with Crippen LogP contribution in [-0.4, -0.2) is 5.91 Å². The van der Waals surface area contributed by atoms with Gasteiger partial charge in [0, 0.05) is 6.42 Å². The summed E-state index contributed by atoms with van der Waals surface area (Å²) < 4.78 is 0. The number of hydrogen-bond acceptors (Lipinski definition) is 2. The van der Waals surface area contributed by atoms with E-state index in [0.29, 0.717) is 6.42 Å². The summed E-state index contributed by atoms with van der Waals surface area (Å²) in [5.41, 5.74) is 2.18. The van der Waals surface area contributed by atoms with Gasteiger partial charge in [-0.05, 0) is 6.42 Å². The average Bonchev–Trinajstić information content (AvgIpc) is 2.57. The maximum atomic E-state index is 10.9. The second-order valence-electron chi connectivity index (χ2n) is 6.97. The average molecular weight is 327 g/mol. The van der Waals surface area contributed by atoms with E-state index in [1.807, 2.05) is 0 Å². The molecule has 3 heteroatoms. The Hall–Kier alpha value is -0.570. The molecule has 0 spiro atoms. The zero-order valence-corrected chi connectivity index (χ0v) is 15.7. The van der Waals surface area contributed by atoms with Gasteiger partial charge in [-0.15, -0.1) is 0 Å². The third-order valence-electron chi connectivity index (χ3n) is 4.67. The van der Waals surface area contributed by atoms with E-state index in [0.717, 1.165) is 12.8 Å². The molecule has 0 fully saturated rings. The molecule has 3 N–H and O–H groups in total. The fraction of sp³-hybridized carbons (Fsp3) is 0.950. The van der Waals surface area contributed by atoms with Crippen LogP contribution in [0.3, 0.4) is 0 Å². The summed E-state index contributed by atoms with van der Waals surface area (Å²) in [6.07, 6.45) is 23.8. The number of hydrogen-bond donors (Lipinski definition) is 2. The highest BCUT2D eigenvalue weighted by molar-refractivity contribution is 5.74. The number of rotatable bonds is 18. The molecule has 0 saturated heterocycles. The molecule has 0 aromatic heterocycles. The van der Waals surface area contributed by atoms with Crippen LogP contribution in [0.15, 0.2) is 0 Å². The van der Waals surface area contributed by atoms with E-state index in [9.17, 15) is 4.79 Å². The minimum Gasteiger partial charge on any atom is -0.294 e. The third-order valence-corrected chi connectivity index (χ3v) is 4.67. The number of nitrogens with one attached hydrogen (secondary N) is 1. The first-order valence-corrected chi connectivity index (χ1v) is 10.3. The highest BCUT2D eigenvalue weighted by Crippen LogP contribution is 2.14. The van der Waals surface area contributed by atoms with Crippen LogP contribution in [0.5, 0.6) is 0 Å². The monoisotopic (exact) mass is 326 g/mol. The van der Waals surface area contributed by atoms with Gasteiger partial charge in [-0.25, -0.2) is 5.84 Å². The zero-order valence-electron chi connectivity index (χ0n) is 15.7. The second-order valence-corrected chi connectivity index (χ2v) is 6.97. The fourth-order valence-electron chi connectivity index (χ4n) is 3.08. The lowest BCUT2D eigenvalue weighted by atomic mass is 10.0. The lowest BCUT2D eigenvalue weighted by molar-refractivity contribution is -0.121. The van der Waals surface area contributed by atoms with Crippen LogP contribution >= 0.6 is 0 Å². The summed E-state index contributed by atoms with van der Waals surface area (Å²) in [5, 5.41) is 0. The fourth-order valence-corrected chi connectivity index (χ4v) is 3.08. The van der Waals surface area contributed by atoms with Gasteiger partial charge in [-0.2, -0.15) is 0 Å². The van der Waals surface area contributed by atoms with Gasteiger partial charge in [-0.3, -0.25) is 10.2 Å². The van der Waals surface area contributed by atoms with E-state index in [-0.39, 0.29) is 5.91 Å². The molecule has 3 nitrogen and oxygen atoms in total. The molecule has 0 saturated carbocycles. The number of hydrazine groups is 1. The van der Waals surface area contributed by atoms with Gasteiger partial charge < -0.3 is 0 Å². The van der Waals surface area contributed by atoms with Crippen LogP contribution in [0, 0.1) is 0 Å². The first kappa shape index (κ1) is 22.4. The predicted octanol–water partition coefficient (Wildman–Crippen LogP) is 6.02. The Labute approximate surface area is 145 Å². The summed E-state index contributed by atoms with van der Waals surface area (Å²) in [4.78, 5) is 10.9. The first-order chi connectivity index (χ1) is 11.3. The van der Waals surface area contributed by atoms with Gasteiger partial charge in [0.15, 0.2) is 0 Å². The molecule has 0 aromatic carbocycles. The van der Waals surface area contributed by atoms with E-state index >= 15 is 0 Å². The number of nitrogens with two attached hydrogens (primary N) is 1. The topological polar surface area (TPSA) is 55.1 Å². The smallest absolute Gasteiger partial charge is 0.233 e. The highest BCUT2D eigenvalue weighted by Gasteiger charge is 1.98. The van der Waals surface area contributed by atoms with E-state index in [2.05, 4.69) is 12.3 Å². The van der Waals surface area contributed by atoms with E-state index < -0.39 is 0 Å². The molecule has 23 heavy (non-hydrogen) atoms. The quantitative estimate of drug-likeness (QED) is 0.140. The maximum absolute atomic E-state index is 10.9. The summed E-state index contributed by atoms with van der Waals surface area (Å²) in [5.74, 6) is 5.01. The normalized spacial score (nSPS) is 10.9. The molecule has 138 valence electrons. The van der Waals surface area contributed by atoms with Gasteiger partial charge in [0.2, 0.25) is 5.91 Å². The molecule has 0 aliphatic heterocycles. The van der Waals surface area contributed by atoms with Crippen molar-refractivity contribution >= 4 is 5.91 Å². The summed E-state index contributed by atoms with van der Waals surface area (Å²) >= 11 is 0. The highest BCUT2D eigenvalue weighted by atomic mass is 16.2. The first-order valence-electron chi connectivity index (χ1n) is 10.3. The number of carbonyl (C=O) groups is 1. The molecule has 0 unspecified atom stereocenters. The molecular formula is C20H42N2O. The van der Waals surface area contributed by atoms with Crippen molar-refractivity contribution in [1.29, 1.82) is 0 Å². The Morgan fingerprint density at radius 1 is 0.609 bits per heavy atom. The molecule has 0 heterocycles. The van der Waals surface area contributed by atoms with Crippen LogP contribution in [-0.2, 0) is 4.79 Å². The van der Waals surface area contributed by atoms with Gasteiger partial charge in [0.1, 0.15) is 0 Å². The zero-order chi connectivity index (χ0) is 17.0. The molecule has 0 aromatic rings. The van der Waals surface area contributed by atoms with Gasteiger partial charge in [-0.1, -0.05) is 110 Å². The lowest BCUT2D eigenvalue weighted by Gasteiger charge is -2.03. The molecule has 0 aliphatic rings. The third kappa shape index (κ3) is 19.4. The molecule has 0 rings (SSSR count). The van der Waals surface area contributed by atoms with Crippen LogP contribution < -0.4 is 11.3 Å². The summed E-state index contributed by atoms with van der Waals surface area (Å²) in [6.45, 7) is 2.28. The number of carbonyl (C=O) groups excluding carboxylic acids is 1. The van der Waals surface area contributed by atoms with Crippen molar-refractivity contribution in [1.82, 2.24) is 5.43 Å². The molecule has 0 bridgehead atoms. The molecule has 1 amide bonds. The van der Waals surface area contributed by atoms with Crippen molar-refractivity contribution in [3.63, 3.8) is 0 Å². The predicted molar refractivity (Wildman–Crippen MR) is 101 cm³/mol. The molecule has 0 radical (unpaired) electrons. The van der Waals surface area contributed by atoms with Gasteiger partial charge in [0.05, 0.1) is 0 Å². The minimum atomic E-state index is -0.0361. The Morgan fingerprint density at radius 3 is 1.22 bits per heavy atom. The van der Waals surface area contributed by atoms with Crippen molar-refractivity contribution in [2.75, 3.05) is 0 Å². The van der Waals surface area contributed by atoms with Crippen molar-refractivity contribution < 1.29 is 4.79 Å². The van der Waals surface area contributed by atoms with Gasteiger partial charge >= 0.3 is 0 Å². The SMILES string of the molecule is CCCCCCCCCCCCCCCCCCCC(=O)NN. The van der Waals surface area contributed by atoms with Crippen molar-refractivity contribution in [3.8, 4) is 0 Å². The van der Waals surface area contributed by atoms with E-state index in [1.54, 1.807) is 0 Å². The Kier molecular flexibility index (Phi) is 19.0. The van der Waals surface area contributed by atoms with Crippen LogP contribution in [0.1, 0.15) is 122 Å². The summed E-state index contributed by atoms with van der Waals surface area (Å²) in [6, 6.07) is 0. The van der Waals surface area contributed by atoms with Crippen molar-refractivity contribution in [3.05, 3.63) is 0 Å². The van der Waals surface area contributed by atoms with E-state index in [4.69, 9.17) is 5.84 Å². The number of unbranched alkanes of at least 4 members (excludes halogenated alkanes) is 16. The van der Waals surface area contributed by atoms with Gasteiger partial charge in [0.25, 0.3) is 0 Å². The van der Waals surface area contributed by atoms with Crippen LogP contribution in [0.25, 0.3) is 0 Å². The Morgan fingerprint density at radius 2 is 0.913 bits per heavy atom. The van der Waals surface area contributed by atoms with Crippen molar-refractivity contribution in [2.45, 2.75) is 122 Å². The van der Waals surface area contributed by atoms with Crippen molar-refractivity contribution in [2.24, 2.45) is 5.84 Å². The molecule has 0 aliphatic carbocycles. The minimum absolute atomic E-state index is 0.0361. The van der Waals surface area contributed by atoms with Crippen LogP contribution in [0.4, 0.5) is 0 Å². The largest absolute Gasteiger partial charge is 0.294 e. The van der Waals surface area contributed by atoms with E-state index in [1.165, 1.54) is 96.3 Å². The number of amides is 1. The maximum Gasteiger partial charge on any atom is 0.233 e. The Balaban J connectivity index is 2.99. The lowest BCUT2D eigenvalue weighted by Crippen LogP contribution is -2.29. The van der Waals surface area contributed by atoms with Crippen LogP contribution in [0.2, 0.25) is 0 Å².